The predicted octanol–water partition coefficient (Wildman–Crippen LogP) is 3.57. The van der Waals surface area contributed by atoms with Gasteiger partial charge in [-0.25, -0.2) is 18.3 Å². The quantitative estimate of drug-likeness (QED) is 0.674. The number of carbonyl (C=O) groups excluding carboxylic acids is 1. The summed E-state index contributed by atoms with van der Waals surface area (Å²) in [5, 5.41) is 17.7. The number of aromatic nitrogens is 3. The minimum Gasteiger partial charge on any atom is -0.487 e. The molecule has 1 aromatic carbocycles. The third kappa shape index (κ3) is 4.33. The van der Waals surface area contributed by atoms with Gasteiger partial charge < -0.3 is 14.7 Å². The first-order valence-electron chi connectivity index (χ1n) is 10.6. The van der Waals surface area contributed by atoms with E-state index in [1.54, 1.807) is 17.0 Å². The van der Waals surface area contributed by atoms with Crippen molar-refractivity contribution >= 4 is 23.6 Å². The average molecular weight is 484 g/mol. The summed E-state index contributed by atoms with van der Waals surface area (Å²) in [6, 6.07) is 2.50. The predicted molar refractivity (Wildman–Crippen MR) is 113 cm³/mol. The fraction of sp³-hybridized carbons (Fsp3) is 0.524. The van der Waals surface area contributed by atoms with Gasteiger partial charge in [-0.1, -0.05) is 16.8 Å². The van der Waals surface area contributed by atoms with Gasteiger partial charge >= 0.3 is 6.09 Å². The highest BCUT2D eigenvalue weighted by atomic mass is 35.5. The summed E-state index contributed by atoms with van der Waals surface area (Å²) in [5.74, 6) is 0.279. The number of hydrogen-bond donors (Lipinski definition) is 1. The van der Waals surface area contributed by atoms with Gasteiger partial charge in [0.1, 0.15) is 23.7 Å². The first-order chi connectivity index (χ1) is 15.7. The van der Waals surface area contributed by atoms with Crippen LogP contribution in [0.1, 0.15) is 54.7 Å². The molecule has 0 bridgehead atoms. The summed E-state index contributed by atoms with van der Waals surface area (Å²) in [6.45, 7) is 2.02. The number of likely N-dealkylation sites (tertiary alicyclic amines) is 1. The molecule has 0 radical (unpaired) electrons. The van der Waals surface area contributed by atoms with Crippen molar-refractivity contribution < 1.29 is 28.2 Å². The number of aryl methyl sites for hydroxylation is 1. The third-order valence-corrected chi connectivity index (χ3v) is 6.68. The Morgan fingerprint density at radius 2 is 2.12 bits per heavy atom. The normalized spacial score (nSPS) is 20.5. The molecule has 2 atom stereocenters. The smallest absolute Gasteiger partial charge is 0.407 e. The Morgan fingerprint density at radius 3 is 2.76 bits per heavy atom. The largest absolute Gasteiger partial charge is 0.487 e. The van der Waals surface area contributed by atoms with Gasteiger partial charge in [0.25, 0.3) is 6.43 Å². The number of fused-ring (bicyclic) bond motifs is 1. The molecule has 12 heteroatoms. The first-order valence-corrected chi connectivity index (χ1v) is 11.0. The first kappa shape index (κ1) is 23.2. The van der Waals surface area contributed by atoms with Crippen LogP contribution in [0.15, 0.2) is 12.1 Å². The average Bonchev–Trinajstić information content (AvgIpc) is 3.29. The molecule has 0 aliphatic carbocycles. The van der Waals surface area contributed by atoms with E-state index >= 15 is 0 Å². The SMILES string of the molecule is C[C@@H]1CCC(=O)N1C[C@@H]1c2c(OCc3nnn(C)c3C(F)F)ccc(Cl)c2CCN1C(=O)O. The summed E-state index contributed by atoms with van der Waals surface area (Å²) in [4.78, 5) is 27.4. The maximum atomic E-state index is 13.4. The van der Waals surface area contributed by atoms with Gasteiger partial charge in [0.05, 0.1) is 6.04 Å². The van der Waals surface area contributed by atoms with Gasteiger partial charge in [0, 0.05) is 43.2 Å². The van der Waals surface area contributed by atoms with Crippen molar-refractivity contribution in [3.63, 3.8) is 0 Å². The van der Waals surface area contributed by atoms with E-state index in [0.29, 0.717) is 35.6 Å². The number of halogens is 3. The molecular weight excluding hydrogens is 460 g/mol. The lowest BCUT2D eigenvalue weighted by atomic mass is 9.91. The number of hydrogen-bond acceptors (Lipinski definition) is 5. The van der Waals surface area contributed by atoms with E-state index in [4.69, 9.17) is 16.3 Å². The molecule has 0 saturated carbocycles. The van der Waals surface area contributed by atoms with Gasteiger partial charge in [-0.15, -0.1) is 5.10 Å². The molecule has 33 heavy (non-hydrogen) atoms. The lowest BCUT2D eigenvalue weighted by Gasteiger charge is -2.39. The minimum absolute atomic E-state index is 0.0120. The summed E-state index contributed by atoms with van der Waals surface area (Å²) in [6.07, 6.45) is -2.42. The van der Waals surface area contributed by atoms with Gasteiger partial charge in [0.15, 0.2) is 0 Å². The van der Waals surface area contributed by atoms with Crippen LogP contribution in [0.25, 0.3) is 0 Å². The Bertz CT molecular complexity index is 1080. The molecule has 1 aromatic heterocycles. The standard InChI is InChI=1S/C21H24ClF2N5O4/c1-11-3-6-17(30)29(11)9-15-18-12(7-8-28(15)21(31)32)13(22)4-5-16(18)33-10-14-19(20(23)24)27(2)26-25-14/h4-5,11,15,20H,3,6-10H2,1-2H3,(H,31,32)/t11-,15-/m1/s1. The van der Waals surface area contributed by atoms with Crippen molar-refractivity contribution in [2.45, 2.75) is 51.3 Å². The van der Waals surface area contributed by atoms with Crippen molar-refractivity contribution in [3.8, 4) is 5.75 Å². The fourth-order valence-corrected chi connectivity index (χ4v) is 4.85. The van der Waals surface area contributed by atoms with Crippen LogP contribution in [0.2, 0.25) is 5.02 Å². The Labute approximate surface area is 193 Å². The second-order valence-electron chi connectivity index (χ2n) is 8.25. The molecule has 2 aliphatic rings. The Balaban J connectivity index is 1.71. The highest BCUT2D eigenvalue weighted by molar-refractivity contribution is 6.31. The van der Waals surface area contributed by atoms with Gasteiger partial charge in [-0.05, 0) is 37.5 Å². The van der Waals surface area contributed by atoms with Crippen molar-refractivity contribution in [2.75, 3.05) is 13.1 Å². The van der Waals surface area contributed by atoms with E-state index in [1.165, 1.54) is 11.9 Å². The molecule has 4 rings (SSSR count). The van der Waals surface area contributed by atoms with Crippen LogP contribution in [0, 0.1) is 0 Å². The molecule has 0 unspecified atom stereocenters. The molecular formula is C21H24ClF2N5O4. The van der Waals surface area contributed by atoms with Crippen LogP contribution in [0.4, 0.5) is 13.6 Å². The van der Waals surface area contributed by atoms with Crippen molar-refractivity contribution in [1.82, 2.24) is 24.8 Å². The van der Waals surface area contributed by atoms with Crippen LogP contribution in [-0.2, 0) is 24.9 Å². The number of carbonyl (C=O) groups is 2. The van der Waals surface area contributed by atoms with Crippen LogP contribution in [0.5, 0.6) is 5.75 Å². The van der Waals surface area contributed by atoms with Crippen LogP contribution in [0.3, 0.4) is 0 Å². The Kier molecular flexibility index (Phi) is 6.42. The number of ether oxygens (including phenoxy) is 1. The number of nitrogens with zero attached hydrogens (tertiary/aromatic N) is 5. The van der Waals surface area contributed by atoms with Crippen LogP contribution in [-0.4, -0.2) is 61.0 Å². The number of rotatable bonds is 6. The molecule has 1 fully saturated rings. The van der Waals surface area contributed by atoms with E-state index in [0.717, 1.165) is 10.2 Å². The number of benzene rings is 1. The van der Waals surface area contributed by atoms with E-state index < -0.39 is 18.6 Å². The molecule has 1 saturated heterocycles. The van der Waals surface area contributed by atoms with E-state index in [1.807, 2.05) is 6.92 Å². The fourth-order valence-electron chi connectivity index (χ4n) is 4.59. The van der Waals surface area contributed by atoms with Crippen LogP contribution < -0.4 is 4.74 Å². The molecule has 2 aliphatic heterocycles. The number of amides is 2. The van der Waals surface area contributed by atoms with E-state index in [-0.39, 0.29) is 43.0 Å². The number of carboxylic acid groups (broad SMARTS) is 1. The van der Waals surface area contributed by atoms with Crippen molar-refractivity contribution in [2.24, 2.45) is 7.05 Å². The topological polar surface area (TPSA) is 101 Å². The Hall–Kier alpha value is -2.95. The number of alkyl halides is 2. The lowest BCUT2D eigenvalue weighted by molar-refractivity contribution is -0.129. The zero-order valence-corrected chi connectivity index (χ0v) is 18.9. The third-order valence-electron chi connectivity index (χ3n) is 6.33. The van der Waals surface area contributed by atoms with Gasteiger partial charge in [-0.2, -0.15) is 0 Å². The molecule has 2 amide bonds. The maximum Gasteiger partial charge on any atom is 0.407 e. The summed E-state index contributed by atoms with van der Waals surface area (Å²) in [7, 11) is 1.37. The highest BCUT2D eigenvalue weighted by Crippen LogP contribution is 2.41. The summed E-state index contributed by atoms with van der Waals surface area (Å²) in [5.41, 5.74) is 0.912. The molecule has 0 spiro atoms. The molecule has 2 aromatic rings. The highest BCUT2D eigenvalue weighted by Gasteiger charge is 2.39. The van der Waals surface area contributed by atoms with E-state index in [2.05, 4.69) is 10.3 Å². The monoisotopic (exact) mass is 483 g/mol. The summed E-state index contributed by atoms with van der Waals surface area (Å²) >= 11 is 6.44. The maximum absolute atomic E-state index is 13.4. The van der Waals surface area contributed by atoms with E-state index in [9.17, 15) is 23.5 Å². The van der Waals surface area contributed by atoms with Crippen LogP contribution >= 0.6 is 11.6 Å². The van der Waals surface area contributed by atoms with Gasteiger partial charge in [0.2, 0.25) is 5.91 Å². The lowest BCUT2D eigenvalue weighted by Crippen LogP contribution is -2.46. The summed E-state index contributed by atoms with van der Waals surface area (Å²) < 4.78 is 33.7. The van der Waals surface area contributed by atoms with Crippen molar-refractivity contribution in [1.29, 1.82) is 0 Å². The second-order valence-corrected chi connectivity index (χ2v) is 8.65. The Morgan fingerprint density at radius 1 is 1.36 bits per heavy atom. The minimum atomic E-state index is -2.78. The molecule has 3 heterocycles. The zero-order valence-electron chi connectivity index (χ0n) is 18.2. The zero-order chi connectivity index (χ0) is 23.9. The second kappa shape index (κ2) is 9.12. The van der Waals surface area contributed by atoms with Crippen molar-refractivity contribution in [3.05, 3.63) is 39.7 Å². The van der Waals surface area contributed by atoms with Gasteiger partial charge in [-0.3, -0.25) is 9.69 Å². The molecule has 1 N–H and O–H groups in total. The molecule has 9 nitrogen and oxygen atoms in total. The molecule has 178 valence electrons.